The molecule has 9 heteroatoms. The van der Waals surface area contributed by atoms with Crippen molar-refractivity contribution in [2.45, 2.75) is 44.4 Å². The van der Waals surface area contributed by atoms with E-state index in [0.29, 0.717) is 22.5 Å². The number of aromatic nitrogens is 2. The molecule has 1 amide bonds. The summed E-state index contributed by atoms with van der Waals surface area (Å²) in [6.07, 6.45) is 4.99. The number of nitrogens with one attached hydrogen (secondary N) is 1. The second-order valence-electron chi connectivity index (χ2n) is 8.60. The number of hydrogen-bond donors (Lipinski definition) is 2. The number of aliphatic carboxylic acids is 1. The predicted molar refractivity (Wildman–Crippen MR) is 122 cm³/mol. The normalized spacial score (nSPS) is 21.9. The Morgan fingerprint density at radius 1 is 1.09 bits per heavy atom. The molecule has 2 aromatic rings. The van der Waals surface area contributed by atoms with Crippen molar-refractivity contribution in [2.24, 2.45) is 5.92 Å². The Balaban J connectivity index is 1.25. The van der Waals surface area contributed by atoms with Crippen LogP contribution in [0.3, 0.4) is 0 Å². The number of hydrogen-bond acceptors (Lipinski definition) is 7. The zero-order valence-electron chi connectivity index (χ0n) is 18.2. The van der Waals surface area contributed by atoms with Gasteiger partial charge in [-0.15, -0.1) is 10.2 Å². The molecule has 172 valence electrons. The number of carboxylic acids is 1. The van der Waals surface area contributed by atoms with Gasteiger partial charge in [-0.05, 0) is 55.2 Å². The van der Waals surface area contributed by atoms with Crippen molar-refractivity contribution >= 4 is 28.3 Å². The lowest BCUT2D eigenvalue weighted by molar-refractivity contribution is -0.138. The minimum atomic E-state index is -0.705. The molecule has 1 saturated heterocycles. The average molecular weight is 459 g/mol. The van der Waals surface area contributed by atoms with E-state index in [-0.39, 0.29) is 12.3 Å². The molecule has 1 aromatic heterocycles. The van der Waals surface area contributed by atoms with E-state index in [1.165, 1.54) is 16.9 Å². The van der Waals surface area contributed by atoms with Gasteiger partial charge in [-0.2, -0.15) is 0 Å². The molecule has 2 heterocycles. The molecule has 4 rings (SSSR count). The highest BCUT2D eigenvalue weighted by Crippen LogP contribution is 2.37. The Morgan fingerprint density at radius 3 is 2.50 bits per heavy atom. The highest BCUT2D eigenvalue weighted by molar-refractivity contribution is 7.15. The third-order valence-electron chi connectivity index (χ3n) is 6.39. The summed E-state index contributed by atoms with van der Waals surface area (Å²) in [4.78, 5) is 25.9. The maximum absolute atomic E-state index is 12.6. The molecule has 2 N–H and O–H groups in total. The molecule has 0 atom stereocenters. The highest BCUT2D eigenvalue weighted by Gasteiger charge is 2.24. The zero-order valence-corrected chi connectivity index (χ0v) is 19.0. The molecule has 1 aromatic carbocycles. The number of anilines is 1. The fourth-order valence-corrected chi connectivity index (χ4v) is 5.23. The van der Waals surface area contributed by atoms with Gasteiger partial charge < -0.3 is 9.84 Å². The van der Waals surface area contributed by atoms with E-state index in [1.807, 2.05) is 24.3 Å². The number of carboxylic acid groups (broad SMARTS) is 1. The molecular formula is C23H30N4O4S. The van der Waals surface area contributed by atoms with Crippen LogP contribution in [0, 0.1) is 5.92 Å². The van der Waals surface area contributed by atoms with Gasteiger partial charge in [-0.3, -0.25) is 19.8 Å². The van der Waals surface area contributed by atoms with Crippen molar-refractivity contribution in [1.82, 2.24) is 15.1 Å². The van der Waals surface area contributed by atoms with Crippen LogP contribution in [0.2, 0.25) is 0 Å². The number of carbonyl (C=O) groups excluding carboxylic acids is 1. The number of carbonyl (C=O) groups is 2. The lowest BCUT2D eigenvalue weighted by Crippen LogP contribution is -2.37. The van der Waals surface area contributed by atoms with Gasteiger partial charge >= 0.3 is 5.97 Å². The summed E-state index contributed by atoms with van der Waals surface area (Å²) in [6, 6.07) is 7.75. The molecule has 8 nitrogen and oxygen atoms in total. The van der Waals surface area contributed by atoms with Crippen molar-refractivity contribution in [3.8, 4) is 0 Å². The SMILES string of the molecule is O=C(O)C[C@H]1CC[C@H](c2ccc(C(=O)Nc3nnc(CCN4CCOCC4)s3)cc2)CC1. The maximum Gasteiger partial charge on any atom is 0.303 e. The van der Waals surface area contributed by atoms with Crippen LogP contribution < -0.4 is 5.32 Å². The second kappa shape index (κ2) is 11.0. The quantitative estimate of drug-likeness (QED) is 0.624. The third kappa shape index (κ3) is 6.34. The van der Waals surface area contributed by atoms with Crippen molar-refractivity contribution in [3.63, 3.8) is 0 Å². The van der Waals surface area contributed by atoms with E-state index in [9.17, 15) is 9.59 Å². The van der Waals surface area contributed by atoms with Crippen molar-refractivity contribution in [2.75, 3.05) is 38.2 Å². The first kappa shape index (κ1) is 22.8. The number of benzene rings is 1. The van der Waals surface area contributed by atoms with Gasteiger partial charge in [0.2, 0.25) is 5.13 Å². The first-order valence-corrected chi connectivity index (χ1v) is 12.1. The first-order valence-electron chi connectivity index (χ1n) is 11.3. The number of rotatable bonds is 8. The Morgan fingerprint density at radius 2 is 1.81 bits per heavy atom. The Labute approximate surface area is 192 Å². The van der Waals surface area contributed by atoms with E-state index in [1.54, 1.807) is 0 Å². The van der Waals surface area contributed by atoms with Gasteiger partial charge in [-0.25, -0.2) is 0 Å². The Bertz CT molecular complexity index is 903. The van der Waals surface area contributed by atoms with E-state index < -0.39 is 5.97 Å². The van der Waals surface area contributed by atoms with Gasteiger partial charge in [0.25, 0.3) is 5.91 Å². The highest BCUT2D eigenvalue weighted by atomic mass is 32.1. The van der Waals surface area contributed by atoms with Crippen LogP contribution in [-0.2, 0) is 16.0 Å². The number of amides is 1. The van der Waals surface area contributed by atoms with Crippen LogP contribution in [0.25, 0.3) is 0 Å². The largest absolute Gasteiger partial charge is 0.481 e. The lowest BCUT2D eigenvalue weighted by Gasteiger charge is -2.28. The molecule has 1 saturated carbocycles. The number of morpholine rings is 1. The summed E-state index contributed by atoms with van der Waals surface area (Å²) in [5.74, 6) is -0.158. The molecule has 1 aliphatic heterocycles. The molecular weight excluding hydrogens is 428 g/mol. The van der Waals surface area contributed by atoms with Crippen LogP contribution >= 0.6 is 11.3 Å². The standard InChI is InChI=1S/C23H30N4O4S/c28-21(29)15-16-1-3-17(4-2-16)18-5-7-19(8-6-18)22(30)24-23-26-25-20(32-23)9-10-27-11-13-31-14-12-27/h5-8,16-17H,1-4,9-15H2,(H,28,29)(H,24,26,30)/t16-,17-. The molecule has 0 spiro atoms. The van der Waals surface area contributed by atoms with Crippen molar-refractivity contribution < 1.29 is 19.4 Å². The summed E-state index contributed by atoms with van der Waals surface area (Å²) in [5, 5.41) is 21.6. The second-order valence-corrected chi connectivity index (χ2v) is 9.66. The third-order valence-corrected chi connectivity index (χ3v) is 7.29. The molecule has 0 unspecified atom stereocenters. The summed E-state index contributed by atoms with van der Waals surface area (Å²) in [5.41, 5.74) is 1.81. The first-order chi connectivity index (χ1) is 15.6. The van der Waals surface area contributed by atoms with Gasteiger partial charge in [0.15, 0.2) is 0 Å². The summed E-state index contributed by atoms with van der Waals surface area (Å²) < 4.78 is 5.37. The summed E-state index contributed by atoms with van der Waals surface area (Å²) in [7, 11) is 0. The summed E-state index contributed by atoms with van der Waals surface area (Å²) >= 11 is 1.42. The minimum Gasteiger partial charge on any atom is -0.481 e. The van der Waals surface area contributed by atoms with Gasteiger partial charge in [0, 0.05) is 38.0 Å². The lowest BCUT2D eigenvalue weighted by atomic mass is 9.77. The Hall–Kier alpha value is -2.36. The monoisotopic (exact) mass is 458 g/mol. The van der Waals surface area contributed by atoms with Crippen LogP contribution in [-0.4, -0.2) is 64.9 Å². The predicted octanol–water partition coefficient (Wildman–Crippen LogP) is 3.41. The smallest absolute Gasteiger partial charge is 0.303 e. The number of nitrogens with zero attached hydrogens (tertiary/aromatic N) is 3. The van der Waals surface area contributed by atoms with Gasteiger partial charge in [0.05, 0.1) is 13.2 Å². The minimum absolute atomic E-state index is 0.183. The molecule has 2 fully saturated rings. The molecule has 0 radical (unpaired) electrons. The van der Waals surface area contributed by atoms with Gasteiger partial charge in [-0.1, -0.05) is 23.5 Å². The van der Waals surface area contributed by atoms with Crippen LogP contribution in [0.5, 0.6) is 0 Å². The van der Waals surface area contributed by atoms with Crippen LogP contribution in [0.4, 0.5) is 5.13 Å². The van der Waals surface area contributed by atoms with Crippen LogP contribution in [0.1, 0.15) is 59.0 Å². The molecule has 32 heavy (non-hydrogen) atoms. The molecule has 0 bridgehead atoms. The van der Waals surface area contributed by atoms with E-state index in [4.69, 9.17) is 9.84 Å². The van der Waals surface area contributed by atoms with Crippen molar-refractivity contribution in [1.29, 1.82) is 0 Å². The maximum atomic E-state index is 12.6. The molecule has 2 aliphatic rings. The number of ether oxygens (including phenoxy) is 1. The van der Waals surface area contributed by atoms with E-state index in [2.05, 4.69) is 20.4 Å². The topological polar surface area (TPSA) is 105 Å². The van der Waals surface area contributed by atoms with E-state index in [0.717, 1.165) is 70.0 Å². The van der Waals surface area contributed by atoms with Crippen molar-refractivity contribution in [3.05, 3.63) is 40.4 Å². The zero-order chi connectivity index (χ0) is 22.3. The Kier molecular flexibility index (Phi) is 7.83. The summed E-state index contributed by atoms with van der Waals surface area (Å²) in [6.45, 7) is 4.38. The fraction of sp³-hybridized carbons (Fsp3) is 0.565. The fourth-order valence-electron chi connectivity index (χ4n) is 4.51. The van der Waals surface area contributed by atoms with E-state index >= 15 is 0 Å². The van der Waals surface area contributed by atoms with Crippen LogP contribution in [0.15, 0.2) is 24.3 Å². The molecule has 1 aliphatic carbocycles. The van der Waals surface area contributed by atoms with Gasteiger partial charge in [0.1, 0.15) is 5.01 Å². The average Bonchev–Trinajstić information content (AvgIpc) is 3.26.